The zero-order valence-corrected chi connectivity index (χ0v) is 13.4. The van der Waals surface area contributed by atoms with Crippen molar-refractivity contribution in [2.45, 2.75) is 19.5 Å². The molecule has 0 saturated heterocycles. The maximum absolute atomic E-state index is 11.9. The van der Waals surface area contributed by atoms with Gasteiger partial charge in [-0.1, -0.05) is 24.3 Å². The van der Waals surface area contributed by atoms with E-state index >= 15 is 0 Å². The summed E-state index contributed by atoms with van der Waals surface area (Å²) in [6, 6.07) is 11.9. The van der Waals surface area contributed by atoms with Gasteiger partial charge in [0.1, 0.15) is 0 Å². The van der Waals surface area contributed by atoms with E-state index in [1.54, 1.807) is 12.3 Å². The summed E-state index contributed by atoms with van der Waals surface area (Å²) in [4.78, 5) is 11.9. The zero-order chi connectivity index (χ0) is 14.5. The number of hydrogen-bond acceptors (Lipinski definition) is 3. The van der Waals surface area contributed by atoms with Gasteiger partial charge in [0.15, 0.2) is 0 Å². The highest BCUT2D eigenvalue weighted by molar-refractivity contribution is 14.1. The van der Waals surface area contributed by atoms with Crippen LogP contribution >= 0.6 is 22.9 Å². The molecule has 1 atom stereocenters. The molecule has 0 aliphatic carbocycles. The summed E-state index contributed by atoms with van der Waals surface area (Å²) in [6.07, 6.45) is 1.72. The lowest BCUT2D eigenvalue weighted by atomic mass is 10.0. The lowest BCUT2D eigenvalue weighted by molar-refractivity contribution is 0.274. The molecule has 2 rings (SSSR count). The number of aliphatic hydroxyl groups excluding tert-OH is 1. The van der Waals surface area contributed by atoms with Crippen LogP contribution < -0.4 is 9.09 Å². The standard InChI is InChI=1S/C15H17IN2O2/c1-11(17-16)12-2-4-13(5-3-12)14-6-7-18(8-9-19)15(20)10-14/h2-7,10-11,17,19H,8-9H2,1H3. The molecule has 106 valence electrons. The molecule has 1 unspecified atom stereocenters. The maximum Gasteiger partial charge on any atom is 0.251 e. The Balaban J connectivity index is 2.28. The fourth-order valence-electron chi connectivity index (χ4n) is 2.01. The van der Waals surface area contributed by atoms with Crippen LogP contribution in [0.15, 0.2) is 47.4 Å². The van der Waals surface area contributed by atoms with E-state index in [1.165, 1.54) is 10.1 Å². The molecule has 0 saturated carbocycles. The maximum atomic E-state index is 11.9. The van der Waals surface area contributed by atoms with Crippen molar-refractivity contribution >= 4 is 22.9 Å². The van der Waals surface area contributed by atoms with Crippen LogP contribution in [0.5, 0.6) is 0 Å². The van der Waals surface area contributed by atoms with Gasteiger partial charge in [0, 0.05) is 47.7 Å². The second-order valence-corrected chi connectivity index (χ2v) is 5.25. The summed E-state index contributed by atoms with van der Waals surface area (Å²) < 4.78 is 4.66. The SMILES string of the molecule is CC(NI)c1ccc(-c2ccn(CCO)c(=O)c2)cc1. The number of aromatic nitrogens is 1. The molecule has 4 nitrogen and oxygen atoms in total. The zero-order valence-electron chi connectivity index (χ0n) is 11.2. The average molecular weight is 384 g/mol. The molecule has 1 aromatic carbocycles. The molecule has 0 radical (unpaired) electrons. The normalized spacial score (nSPS) is 12.3. The van der Waals surface area contributed by atoms with Crippen LogP contribution in [-0.4, -0.2) is 16.3 Å². The lowest BCUT2D eigenvalue weighted by Crippen LogP contribution is -2.20. The van der Waals surface area contributed by atoms with Crippen molar-refractivity contribution in [3.8, 4) is 11.1 Å². The Morgan fingerprint density at radius 3 is 2.50 bits per heavy atom. The summed E-state index contributed by atoms with van der Waals surface area (Å²) >= 11 is 2.14. The van der Waals surface area contributed by atoms with E-state index in [0.29, 0.717) is 12.6 Å². The van der Waals surface area contributed by atoms with Gasteiger partial charge in [-0.15, -0.1) is 0 Å². The minimum Gasteiger partial charge on any atom is -0.395 e. The molecule has 2 aromatic rings. The Labute approximate surface area is 132 Å². The fourth-order valence-corrected chi connectivity index (χ4v) is 2.37. The fraction of sp³-hybridized carbons (Fsp3) is 0.267. The predicted octanol–water partition coefficient (Wildman–Crippen LogP) is 2.51. The van der Waals surface area contributed by atoms with Crippen LogP contribution in [0.1, 0.15) is 18.5 Å². The first-order valence-corrected chi connectivity index (χ1v) is 7.51. The highest BCUT2D eigenvalue weighted by atomic mass is 127. The Kier molecular flexibility index (Phi) is 5.33. The molecule has 0 spiro atoms. The Morgan fingerprint density at radius 1 is 1.25 bits per heavy atom. The monoisotopic (exact) mass is 384 g/mol. The van der Waals surface area contributed by atoms with Crippen molar-refractivity contribution in [2.75, 3.05) is 6.61 Å². The van der Waals surface area contributed by atoms with Gasteiger partial charge in [-0.05, 0) is 29.7 Å². The van der Waals surface area contributed by atoms with Gasteiger partial charge >= 0.3 is 0 Å². The van der Waals surface area contributed by atoms with Crippen molar-refractivity contribution in [3.05, 3.63) is 58.5 Å². The molecule has 0 fully saturated rings. The van der Waals surface area contributed by atoms with Crippen LogP contribution in [0.2, 0.25) is 0 Å². The Morgan fingerprint density at radius 2 is 1.95 bits per heavy atom. The number of pyridine rings is 1. The number of halogens is 1. The van der Waals surface area contributed by atoms with Crippen molar-refractivity contribution in [1.29, 1.82) is 0 Å². The average Bonchev–Trinajstić information content (AvgIpc) is 2.49. The van der Waals surface area contributed by atoms with Gasteiger partial charge < -0.3 is 9.67 Å². The van der Waals surface area contributed by atoms with Gasteiger partial charge in [-0.2, -0.15) is 0 Å². The minimum absolute atomic E-state index is 0.0326. The van der Waals surface area contributed by atoms with Crippen molar-refractivity contribution in [1.82, 2.24) is 8.10 Å². The van der Waals surface area contributed by atoms with E-state index in [2.05, 4.69) is 45.5 Å². The van der Waals surface area contributed by atoms with E-state index in [9.17, 15) is 4.79 Å². The molecule has 1 aromatic heterocycles. The molecule has 5 heteroatoms. The third kappa shape index (κ3) is 3.47. The molecular formula is C15H17IN2O2. The molecular weight excluding hydrogens is 367 g/mol. The first-order chi connectivity index (χ1) is 9.65. The first-order valence-electron chi connectivity index (χ1n) is 6.43. The number of nitrogens with zero attached hydrogens (tertiary/aromatic N) is 1. The van der Waals surface area contributed by atoms with E-state index in [1.807, 2.05) is 18.2 Å². The summed E-state index contributed by atoms with van der Waals surface area (Å²) in [5.74, 6) is 0. The topological polar surface area (TPSA) is 54.3 Å². The summed E-state index contributed by atoms with van der Waals surface area (Å²) in [5.41, 5.74) is 3.02. The lowest BCUT2D eigenvalue weighted by Gasteiger charge is -2.10. The van der Waals surface area contributed by atoms with Gasteiger partial charge in [0.2, 0.25) is 0 Å². The Hall–Kier alpha value is -1.18. The van der Waals surface area contributed by atoms with E-state index in [4.69, 9.17) is 5.11 Å². The quantitative estimate of drug-likeness (QED) is 0.616. The van der Waals surface area contributed by atoms with Gasteiger partial charge in [0.05, 0.1) is 6.61 Å². The van der Waals surface area contributed by atoms with Crippen molar-refractivity contribution < 1.29 is 5.11 Å². The first kappa shape index (κ1) is 15.2. The summed E-state index contributed by atoms with van der Waals surface area (Å²) in [6.45, 7) is 2.39. The number of hydrogen-bond donors (Lipinski definition) is 2. The molecule has 0 bridgehead atoms. The third-order valence-electron chi connectivity index (χ3n) is 3.24. The highest BCUT2D eigenvalue weighted by Crippen LogP contribution is 2.21. The molecule has 0 amide bonds. The molecule has 20 heavy (non-hydrogen) atoms. The second-order valence-electron chi connectivity index (χ2n) is 4.62. The summed E-state index contributed by atoms with van der Waals surface area (Å²) in [7, 11) is 0. The molecule has 0 aliphatic rings. The third-order valence-corrected chi connectivity index (χ3v) is 4.18. The molecule has 2 N–H and O–H groups in total. The van der Waals surface area contributed by atoms with Crippen LogP contribution in [0, 0.1) is 0 Å². The highest BCUT2D eigenvalue weighted by Gasteiger charge is 2.05. The van der Waals surface area contributed by atoms with Crippen LogP contribution in [0.4, 0.5) is 0 Å². The number of nitrogens with one attached hydrogen (secondary N) is 1. The van der Waals surface area contributed by atoms with Crippen molar-refractivity contribution in [3.63, 3.8) is 0 Å². The van der Waals surface area contributed by atoms with Crippen molar-refractivity contribution in [2.24, 2.45) is 0 Å². The number of rotatable bonds is 5. The van der Waals surface area contributed by atoms with Gasteiger partial charge in [-0.25, -0.2) is 0 Å². The molecule has 0 aliphatic heterocycles. The Bertz CT molecular complexity index is 623. The van der Waals surface area contributed by atoms with Crippen LogP contribution in [0.25, 0.3) is 11.1 Å². The van der Waals surface area contributed by atoms with Crippen LogP contribution in [-0.2, 0) is 6.54 Å². The largest absolute Gasteiger partial charge is 0.395 e. The van der Waals surface area contributed by atoms with Crippen LogP contribution in [0.3, 0.4) is 0 Å². The predicted molar refractivity (Wildman–Crippen MR) is 88.8 cm³/mol. The van der Waals surface area contributed by atoms with Gasteiger partial charge in [0.25, 0.3) is 5.56 Å². The van der Waals surface area contributed by atoms with Gasteiger partial charge in [-0.3, -0.25) is 8.32 Å². The smallest absolute Gasteiger partial charge is 0.251 e. The van der Waals surface area contributed by atoms with E-state index in [0.717, 1.165) is 11.1 Å². The minimum atomic E-state index is -0.0945. The second kappa shape index (κ2) is 7.01. The number of benzene rings is 1. The van der Waals surface area contributed by atoms with E-state index < -0.39 is 0 Å². The number of aliphatic hydroxyl groups is 1. The molecule has 1 heterocycles. The van der Waals surface area contributed by atoms with E-state index in [-0.39, 0.29) is 12.2 Å². The summed E-state index contributed by atoms with van der Waals surface area (Å²) in [5, 5.41) is 8.87.